The molecule has 5 aromatic rings. The zero-order chi connectivity index (χ0) is 26.9. The Bertz CT molecular complexity index is 1610. The Kier molecular flexibility index (Phi) is 6.66. The molecule has 0 aliphatic carbocycles. The van der Waals surface area contributed by atoms with E-state index in [9.17, 15) is 5.11 Å². The van der Waals surface area contributed by atoms with Gasteiger partial charge in [0.1, 0.15) is 17.2 Å². The number of aryl methyl sites for hydroxylation is 2. The molecule has 4 aromatic heterocycles. The van der Waals surface area contributed by atoms with Gasteiger partial charge >= 0.3 is 0 Å². The molecule has 1 aliphatic heterocycles. The number of aromatic nitrogens is 5. The first-order valence-corrected chi connectivity index (χ1v) is 13.2. The first-order chi connectivity index (χ1) is 18.9. The van der Waals surface area contributed by atoms with Crippen LogP contribution in [0.25, 0.3) is 33.4 Å². The molecule has 1 fully saturated rings. The lowest BCUT2D eigenvalue weighted by Gasteiger charge is -2.29. The van der Waals surface area contributed by atoms with Crippen LogP contribution in [0, 0.1) is 13.8 Å². The fourth-order valence-electron chi connectivity index (χ4n) is 4.96. The summed E-state index contributed by atoms with van der Waals surface area (Å²) in [5.74, 6) is 2.14. The number of nitrogens with zero attached hydrogens (tertiary/aromatic N) is 6. The molecular formula is C30H31N7O2. The Balaban J connectivity index is 1.20. The molecule has 6 rings (SSSR count). The molecule has 39 heavy (non-hydrogen) atoms. The summed E-state index contributed by atoms with van der Waals surface area (Å²) < 4.78 is 5.60. The molecule has 2 N–H and O–H groups in total. The molecule has 1 aromatic carbocycles. The monoisotopic (exact) mass is 521 g/mol. The average Bonchev–Trinajstić information content (AvgIpc) is 3.33. The molecule has 9 nitrogen and oxygen atoms in total. The fourth-order valence-corrected chi connectivity index (χ4v) is 4.96. The average molecular weight is 522 g/mol. The number of benzene rings is 1. The van der Waals surface area contributed by atoms with E-state index in [1.807, 2.05) is 56.8 Å². The standard InChI is InChI=1S/C30H31N7O2/c1-18-17-39-28-5-4-21(11-26(18)28)27-12-29(36-20(3)35-27)34-19(2)22-10-23(14-31-13-22)24-15-32-30(33-16-24)37-8-6-25(38)7-9-37/h4-5,10-17,19,25,38H,6-9H2,1-3H3,(H,34,35,36). The third-order valence-corrected chi connectivity index (χ3v) is 7.24. The van der Waals surface area contributed by atoms with Crippen LogP contribution in [0.1, 0.15) is 42.8 Å². The van der Waals surface area contributed by atoms with Crippen molar-refractivity contribution in [2.45, 2.75) is 45.8 Å². The minimum absolute atomic E-state index is 0.0434. The topological polar surface area (TPSA) is 113 Å². The van der Waals surface area contributed by atoms with Crippen LogP contribution < -0.4 is 10.2 Å². The van der Waals surface area contributed by atoms with Crippen LogP contribution in [0.3, 0.4) is 0 Å². The van der Waals surface area contributed by atoms with Gasteiger partial charge in [0.15, 0.2) is 0 Å². The van der Waals surface area contributed by atoms with Gasteiger partial charge in [-0.25, -0.2) is 19.9 Å². The lowest BCUT2D eigenvalue weighted by Crippen LogP contribution is -2.36. The molecule has 1 saturated heterocycles. The van der Waals surface area contributed by atoms with Gasteiger partial charge in [-0.1, -0.05) is 0 Å². The molecule has 198 valence electrons. The van der Waals surface area contributed by atoms with Crippen molar-refractivity contribution in [1.82, 2.24) is 24.9 Å². The molecule has 0 amide bonds. The molecule has 5 heterocycles. The Hall–Kier alpha value is -4.37. The van der Waals surface area contributed by atoms with Crippen LogP contribution >= 0.6 is 0 Å². The molecular weight excluding hydrogens is 490 g/mol. The van der Waals surface area contributed by atoms with E-state index in [2.05, 4.69) is 54.2 Å². The Morgan fingerprint density at radius 1 is 0.949 bits per heavy atom. The molecule has 0 saturated carbocycles. The van der Waals surface area contributed by atoms with Gasteiger partial charge in [0.05, 0.1) is 24.1 Å². The first-order valence-electron chi connectivity index (χ1n) is 13.2. The number of rotatable bonds is 6. The maximum Gasteiger partial charge on any atom is 0.225 e. The highest BCUT2D eigenvalue weighted by Crippen LogP contribution is 2.29. The largest absolute Gasteiger partial charge is 0.464 e. The van der Waals surface area contributed by atoms with Gasteiger partial charge in [0.25, 0.3) is 0 Å². The van der Waals surface area contributed by atoms with E-state index in [0.29, 0.717) is 11.8 Å². The van der Waals surface area contributed by atoms with Crippen molar-refractivity contribution in [3.63, 3.8) is 0 Å². The second kappa shape index (κ2) is 10.4. The van der Waals surface area contributed by atoms with E-state index >= 15 is 0 Å². The SMILES string of the molecule is Cc1nc(NC(C)c2cncc(-c3cnc(N4CCC(O)CC4)nc3)c2)cc(-c2ccc3occ(C)c3c2)n1. The Morgan fingerprint density at radius 2 is 1.74 bits per heavy atom. The van der Waals surface area contributed by atoms with Gasteiger partial charge in [0.2, 0.25) is 5.95 Å². The van der Waals surface area contributed by atoms with Crippen LogP contribution in [0.4, 0.5) is 11.8 Å². The number of furan rings is 1. The van der Waals surface area contributed by atoms with Crippen LogP contribution in [-0.2, 0) is 0 Å². The molecule has 1 atom stereocenters. The minimum Gasteiger partial charge on any atom is -0.464 e. The molecule has 0 bridgehead atoms. The van der Waals surface area contributed by atoms with Crippen molar-refractivity contribution in [3.8, 4) is 22.4 Å². The van der Waals surface area contributed by atoms with Gasteiger partial charge in [-0.15, -0.1) is 0 Å². The van der Waals surface area contributed by atoms with Crippen molar-refractivity contribution in [2.24, 2.45) is 0 Å². The number of aliphatic hydroxyl groups excluding tert-OH is 1. The van der Waals surface area contributed by atoms with Gasteiger partial charge < -0.3 is 19.7 Å². The van der Waals surface area contributed by atoms with Gasteiger partial charge in [-0.2, -0.15) is 0 Å². The molecule has 1 unspecified atom stereocenters. The summed E-state index contributed by atoms with van der Waals surface area (Å²) >= 11 is 0. The number of anilines is 2. The third-order valence-electron chi connectivity index (χ3n) is 7.24. The highest BCUT2D eigenvalue weighted by atomic mass is 16.3. The zero-order valence-electron chi connectivity index (χ0n) is 22.3. The van der Waals surface area contributed by atoms with E-state index < -0.39 is 0 Å². The maximum absolute atomic E-state index is 9.76. The lowest BCUT2D eigenvalue weighted by atomic mass is 10.1. The number of pyridine rings is 1. The molecule has 0 spiro atoms. The van der Waals surface area contributed by atoms with Crippen molar-refractivity contribution in [1.29, 1.82) is 0 Å². The second-order valence-electron chi connectivity index (χ2n) is 10.2. The minimum atomic E-state index is -0.224. The highest BCUT2D eigenvalue weighted by molar-refractivity contribution is 5.85. The van der Waals surface area contributed by atoms with E-state index in [0.717, 1.165) is 76.2 Å². The summed E-state index contributed by atoms with van der Waals surface area (Å²) in [6.07, 6.45) is 10.4. The van der Waals surface area contributed by atoms with Crippen LogP contribution in [0.2, 0.25) is 0 Å². The van der Waals surface area contributed by atoms with Crippen molar-refractivity contribution in [3.05, 3.63) is 78.3 Å². The number of piperidine rings is 1. The lowest BCUT2D eigenvalue weighted by molar-refractivity contribution is 0.145. The van der Waals surface area contributed by atoms with Crippen molar-refractivity contribution < 1.29 is 9.52 Å². The van der Waals surface area contributed by atoms with Crippen LogP contribution in [0.15, 0.2) is 65.8 Å². The van der Waals surface area contributed by atoms with Crippen molar-refractivity contribution >= 4 is 22.7 Å². The number of hydrogen-bond acceptors (Lipinski definition) is 9. The van der Waals surface area contributed by atoms with Crippen molar-refractivity contribution in [2.75, 3.05) is 23.3 Å². The zero-order valence-corrected chi connectivity index (χ0v) is 22.3. The van der Waals surface area contributed by atoms with Gasteiger partial charge in [0, 0.05) is 66.0 Å². The summed E-state index contributed by atoms with van der Waals surface area (Å²) in [4.78, 5) is 25.1. The molecule has 1 aliphatic rings. The Labute approximate surface area is 227 Å². The predicted octanol–water partition coefficient (Wildman–Crippen LogP) is 5.49. The summed E-state index contributed by atoms with van der Waals surface area (Å²) in [5.41, 5.74) is 6.71. The molecule has 0 radical (unpaired) electrons. The number of fused-ring (bicyclic) bond motifs is 1. The summed E-state index contributed by atoms with van der Waals surface area (Å²) in [6.45, 7) is 7.56. The quantitative estimate of drug-likeness (QED) is 0.299. The number of hydrogen-bond donors (Lipinski definition) is 2. The Morgan fingerprint density at radius 3 is 2.54 bits per heavy atom. The maximum atomic E-state index is 9.76. The summed E-state index contributed by atoms with van der Waals surface area (Å²) in [5, 5.41) is 14.4. The normalized spacial score (nSPS) is 15.0. The van der Waals surface area contributed by atoms with E-state index in [-0.39, 0.29) is 12.1 Å². The smallest absolute Gasteiger partial charge is 0.225 e. The highest BCUT2D eigenvalue weighted by Gasteiger charge is 2.19. The van der Waals surface area contributed by atoms with E-state index in [1.165, 1.54) is 0 Å². The number of nitrogens with one attached hydrogen (secondary N) is 1. The van der Waals surface area contributed by atoms with Crippen LogP contribution in [0.5, 0.6) is 0 Å². The summed E-state index contributed by atoms with van der Waals surface area (Å²) in [6, 6.07) is 10.1. The summed E-state index contributed by atoms with van der Waals surface area (Å²) in [7, 11) is 0. The third kappa shape index (κ3) is 5.31. The number of aliphatic hydroxyl groups is 1. The van der Waals surface area contributed by atoms with Crippen LogP contribution in [-0.4, -0.2) is 49.2 Å². The first kappa shape index (κ1) is 24.9. The van der Waals surface area contributed by atoms with Gasteiger partial charge in [-0.05, 0) is 69.0 Å². The van der Waals surface area contributed by atoms with E-state index in [4.69, 9.17) is 4.42 Å². The molecule has 9 heteroatoms. The second-order valence-corrected chi connectivity index (χ2v) is 10.2. The van der Waals surface area contributed by atoms with Gasteiger partial charge in [-0.3, -0.25) is 4.98 Å². The predicted molar refractivity (Wildman–Crippen MR) is 151 cm³/mol. The van der Waals surface area contributed by atoms with E-state index in [1.54, 1.807) is 6.26 Å². The fraction of sp³-hybridized carbons (Fsp3) is 0.300.